The molecule has 1 unspecified atom stereocenters. The van der Waals surface area contributed by atoms with Crippen LogP contribution in [0.4, 0.5) is 10.5 Å². The van der Waals surface area contributed by atoms with Crippen LogP contribution in [-0.4, -0.2) is 89.5 Å². The largest absolute Gasteiger partial charge is 0.497 e. The van der Waals surface area contributed by atoms with Crippen molar-refractivity contribution in [1.29, 1.82) is 0 Å². The van der Waals surface area contributed by atoms with Crippen molar-refractivity contribution in [2.75, 3.05) is 57.6 Å². The lowest BCUT2D eigenvalue weighted by atomic mass is 10.2. The van der Waals surface area contributed by atoms with E-state index >= 15 is 0 Å². The lowest BCUT2D eigenvalue weighted by Crippen LogP contribution is -2.56. The molecule has 1 fully saturated rings. The summed E-state index contributed by atoms with van der Waals surface area (Å²) in [6.07, 6.45) is 0.616. The van der Waals surface area contributed by atoms with Gasteiger partial charge in [-0.05, 0) is 26.0 Å². The number of amides is 2. The van der Waals surface area contributed by atoms with Crippen LogP contribution in [0.1, 0.15) is 13.8 Å². The predicted octanol–water partition coefficient (Wildman–Crippen LogP) is 1.16. The molecule has 0 saturated carbocycles. The Hall–Kier alpha value is -2.69. The van der Waals surface area contributed by atoms with Gasteiger partial charge in [-0.25, -0.2) is 13.2 Å². The molecule has 10 nitrogen and oxygen atoms in total. The van der Waals surface area contributed by atoms with Crippen molar-refractivity contribution in [2.24, 2.45) is 0 Å². The fraction of sp³-hybridized carbons (Fsp3) is 0.579. The Morgan fingerprint density at radius 2 is 1.70 bits per heavy atom. The average molecular weight is 444 g/mol. The first-order valence-electron chi connectivity index (χ1n) is 9.56. The Labute approximate surface area is 177 Å². The van der Waals surface area contributed by atoms with Crippen molar-refractivity contribution >= 4 is 27.7 Å². The lowest BCUT2D eigenvalue weighted by molar-refractivity contribution is -0.133. The molecule has 168 valence electrons. The van der Waals surface area contributed by atoms with Crippen molar-refractivity contribution in [2.45, 2.75) is 19.9 Å². The molecule has 2 amide bonds. The number of carbonyl (C=O) groups is 2. The van der Waals surface area contributed by atoms with Gasteiger partial charge < -0.3 is 24.0 Å². The van der Waals surface area contributed by atoms with Gasteiger partial charge in [-0.3, -0.25) is 9.10 Å². The number of hydrogen-bond donors (Lipinski definition) is 0. The van der Waals surface area contributed by atoms with E-state index in [1.165, 1.54) is 32.1 Å². The minimum Gasteiger partial charge on any atom is -0.497 e. The third kappa shape index (κ3) is 5.26. The van der Waals surface area contributed by atoms with E-state index in [2.05, 4.69) is 0 Å². The highest BCUT2D eigenvalue weighted by atomic mass is 32.2. The van der Waals surface area contributed by atoms with E-state index in [0.29, 0.717) is 24.6 Å². The van der Waals surface area contributed by atoms with Crippen molar-refractivity contribution < 1.29 is 32.2 Å². The average Bonchev–Trinajstić information content (AvgIpc) is 2.72. The number of benzene rings is 1. The van der Waals surface area contributed by atoms with Gasteiger partial charge in [-0.1, -0.05) is 0 Å². The Morgan fingerprint density at radius 3 is 2.20 bits per heavy atom. The van der Waals surface area contributed by atoms with Crippen molar-refractivity contribution in [3.8, 4) is 11.5 Å². The van der Waals surface area contributed by atoms with Crippen LogP contribution in [0.2, 0.25) is 0 Å². The zero-order chi connectivity index (χ0) is 22.5. The summed E-state index contributed by atoms with van der Waals surface area (Å²) in [7, 11) is -0.935. The topological polar surface area (TPSA) is 106 Å². The lowest BCUT2D eigenvalue weighted by Gasteiger charge is -2.37. The van der Waals surface area contributed by atoms with Gasteiger partial charge in [0.05, 0.1) is 32.8 Å². The molecule has 1 heterocycles. The van der Waals surface area contributed by atoms with Crippen molar-refractivity contribution in [3.63, 3.8) is 0 Å². The van der Waals surface area contributed by atoms with Crippen LogP contribution in [0.15, 0.2) is 18.2 Å². The first kappa shape index (κ1) is 23.6. The first-order chi connectivity index (χ1) is 14.1. The monoisotopic (exact) mass is 443 g/mol. The summed E-state index contributed by atoms with van der Waals surface area (Å²) in [5, 5.41) is 0. The summed E-state index contributed by atoms with van der Waals surface area (Å²) in [6, 6.07) is 3.73. The predicted molar refractivity (Wildman–Crippen MR) is 112 cm³/mol. The van der Waals surface area contributed by atoms with Crippen molar-refractivity contribution in [1.82, 2.24) is 9.80 Å². The van der Waals surface area contributed by atoms with Gasteiger partial charge in [0.25, 0.3) is 0 Å². The molecule has 1 aromatic carbocycles. The summed E-state index contributed by atoms with van der Waals surface area (Å²) >= 11 is 0. The molecular formula is C19H29N3O7S. The molecule has 2 rings (SSSR count). The molecule has 11 heteroatoms. The summed E-state index contributed by atoms with van der Waals surface area (Å²) in [5.41, 5.74) is 0.213. The summed E-state index contributed by atoms with van der Waals surface area (Å²) in [6.45, 7) is 4.74. The summed E-state index contributed by atoms with van der Waals surface area (Å²) < 4.78 is 41.8. The fourth-order valence-electron chi connectivity index (χ4n) is 3.33. The molecule has 0 bridgehead atoms. The Morgan fingerprint density at radius 1 is 1.10 bits per heavy atom. The SMILES string of the molecule is CCOC(=O)N1CCN(C(=O)C(C)N(c2cc(OC)ccc2OC)S(C)(=O)=O)CC1. The Kier molecular flexibility index (Phi) is 7.77. The molecular weight excluding hydrogens is 414 g/mol. The molecule has 0 aliphatic carbocycles. The fourth-order valence-corrected chi connectivity index (χ4v) is 4.50. The molecule has 1 aliphatic heterocycles. The molecule has 0 radical (unpaired) electrons. The standard InChI is InChI=1S/C19H29N3O7S/c1-6-29-19(24)21-11-9-20(10-12-21)18(23)14(2)22(30(5,25)26)16-13-15(27-3)7-8-17(16)28-4/h7-8,13-14H,6,9-12H2,1-5H3. The highest BCUT2D eigenvalue weighted by Crippen LogP contribution is 2.35. The third-order valence-electron chi connectivity index (χ3n) is 4.81. The number of sulfonamides is 1. The Balaban J connectivity index is 2.26. The molecule has 1 atom stereocenters. The van der Waals surface area contributed by atoms with E-state index in [4.69, 9.17) is 14.2 Å². The van der Waals surface area contributed by atoms with E-state index in [0.717, 1.165) is 10.6 Å². The van der Waals surface area contributed by atoms with Gasteiger partial charge in [0.1, 0.15) is 17.5 Å². The van der Waals surface area contributed by atoms with Crippen LogP contribution in [0, 0.1) is 0 Å². The Bertz CT molecular complexity index is 867. The van der Waals surface area contributed by atoms with E-state index in [-0.39, 0.29) is 31.3 Å². The molecule has 1 aliphatic rings. The quantitative estimate of drug-likeness (QED) is 0.623. The second-order valence-corrected chi connectivity index (χ2v) is 8.64. The van der Waals surface area contributed by atoms with Crippen molar-refractivity contribution in [3.05, 3.63) is 18.2 Å². The number of hydrogen-bond acceptors (Lipinski definition) is 7. The molecule has 0 spiro atoms. The van der Waals surface area contributed by atoms with Gasteiger partial charge in [-0.2, -0.15) is 0 Å². The van der Waals surface area contributed by atoms with Crippen LogP contribution in [0.5, 0.6) is 11.5 Å². The number of anilines is 1. The molecule has 30 heavy (non-hydrogen) atoms. The first-order valence-corrected chi connectivity index (χ1v) is 11.4. The van der Waals surface area contributed by atoms with E-state index in [1.54, 1.807) is 24.0 Å². The van der Waals surface area contributed by atoms with Gasteiger partial charge in [-0.15, -0.1) is 0 Å². The number of nitrogens with zero attached hydrogens (tertiary/aromatic N) is 3. The van der Waals surface area contributed by atoms with Gasteiger partial charge >= 0.3 is 6.09 Å². The second kappa shape index (κ2) is 9.88. The van der Waals surface area contributed by atoms with Crippen LogP contribution < -0.4 is 13.8 Å². The number of rotatable bonds is 7. The van der Waals surface area contributed by atoms with Crippen LogP contribution in [0.3, 0.4) is 0 Å². The second-order valence-electron chi connectivity index (χ2n) is 6.78. The van der Waals surface area contributed by atoms with Gasteiger partial charge in [0.2, 0.25) is 15.9 Å². The maximum absolute atomic E-state index is 13.1. The molecule has 0 aromatic heterocycles. The molecule has 1 aromatic rings. The molecule has 0 N–H and O–H groups in total. The summed E-state index contributed by atoms with van der Waals surface area (Å²) in [5.74, 6) is 0.365. The van der Waals surface area contributed by atoms with Crippen LogP contribution in [-0.2, 0) is 19.6 Å². The minimum absolute atomic E-state index is 0.213. The summed E-state index contributed by atoms with van der Waals surface area (Å²) in [4.78, 5) is 28.1. The number of ether oxygens (including phenoxy) is 3. The van der Waals surface area contributed by atoms with E-state index in [1.807, 2.05) is 0 Å². The third-order valence-corrected chi connectivity index (χ3v) is 6.03. The number of piperazine rings is 1. The van der Waals surface area contributed by atoms with E-state index in [9.17, 15) is 18.0 Å². The van der Waals surface area contributed by atoms with Crippen LogP contribution in [0.25, 0.3) is 0 Å². The zero-order valence-corrected chi connectivity index (χ0v) is 18.8. The highest BCUT2D eigenvalue weighted by Gasteiger charge is 2.35. The highest BCUT2D eigenvalue weighted by molar-refractivity contribution is 7.92. The zero-order valence-electron chi connectivity index (χ0n) is 18.0. The normalized spacial score (nSPS) is 15.4. The molecule has 1 saturated heterocycles. The van der Waals surface area contributed by atoms with Crippen LogP contribution >= 0.6 is 0 Å². The smallest absolute Gasteiger partial charge is 0.409 e. The van der Waals surface area contributed by atoms with E-state index < -0.39 is 22.2 Å². The number of methoxy groups -OCH3 is 2. The van der Waals surface area contributed by atoms with Gasteiger partial charge in [0.15, 0.2) is 0 Å². The maximum Gasteiger partial charge on any atom is 0.409 e. The minimum atomic E-state index is -3.82. The van der Waals surface area contributed by atoms with Gasteiger partial charge in [0, 0.05) is 32.2 Å². The maximum atomic E-state index is 13.1. The number of carbonyl (C=O) groups excluding carboxylic acids is 2.